The highest BCUT2D eigenvalue weighted by atomic mass is 16.5. The molecule has 2 saturated heterocycles. The van der Waals surface area contributed by atoms with E-state index in [-0.39, 0.29) is 5.60 Å². The van der Waals surface area contributed by atoms with Gasteiger partial charge >= 0.3 is 0 Å². The minimum atomic E-state index is 0.0703. The summed E-state index contributed by atoms with van der Waals surface area (Å²) in [7, 11) is 2.09. The van der Waals surface area contributed by atoms with E-state index in [0.717, 1.165) is 31.4 Å². The van der Waals surface area contributed by atoms with Crippen molar-refractivity contribution in [3.63, 3.8) is 0 Å². The molecule has 0 N–H and O–H groups in total. The van der Waals surface area contributed by atoms with Gasteiger partial charge in [-0.3, -0.25) is 0 Å². The van der Waals surface area contributed by atoms with Crippen molar-refractivity contribution in [1.29, 1.82) is 0 Å². The number of likely N-dealkylation sites (tertiary alicyclic amines) is 1. The van der Waals surface area contributed by atoms with Crippen LogP contribution >= 0.6 is 0 Å². The second kappa shape index (κ2) is 5.78. The van der Waals surface area contributed by atoms with Crippen LogP contribution in [0.2, 0.25) is 0 Å². The molecule has 0 radical (unpaired) electrons. The summed E-state index contributed by atoms with van der Waals surface area (Å²) in [5.74, 6) is 1.77. The predicted octanol–water partition coefficient (Wildman–Crippen LogP) is 1.95. The van der Waals surface area contributed by atoms with Crippen LogP contribution in [0.5, 0.6) is 0 Å². The van der Waals surface area contributed by atoms with E-state index in [1.54, 1.807) is 0 Å². The Morgan fingerprint density at radius 1 is 1.36 bits per heavy atom. The molecule has 5 nitrogen and oxygen atoms in total. The normalized spacial score (nSPS) is 32.5. The maximum atomic E-state index is 6.33. The number of hydrogen-bond acceptors (Lipinski definition) is 5. The first-order valence-electron chi connectivity index (χ1n) is 8.60. The Morgan fingerprint density at radius 2 is 2.18 bits per heavy atom. The standard InChI is InChI=1S/C17H26N4O/c1-20(16-18-7-3-8-19-16)15-10-17(22-12-15)6-2-9-21(13-17)11-14-4-5-14/h3,7-8,14-15H,2,4-6,9-13H2,1H3. The lowest BCUT2D eigenvalue weighted by Gasteiger charge is -2.40. The van der Waals surface area contributed by atoms with Gasteiger partial charge in [0.2, 0.25) is 5.95 Å². The average Bonchev–Trinajstić information content (AvgIpc) is 3.27. The van der Waals surface area contributed by atoms with Crippen molar-refractivity contribution in [1.82, 2.24) is 14.9 Å². The van der Waals surface area contributed by atoms with Crippen molar-refractivity contribution >= 4 is 5.95 Å². The van der Waals surface area contributed by atoms with Gasteiger partial charge in [0.05, 0.1) is 18.2 Å². The zero-order valence-corrected chi connectivity index (χ0v) is 13.4. The van der Waals surface area contributed by atoms with Gasteiger partial charge in [0.15, 0.2) is 0 Å². The van der Waals surface area contributed by atoms with Gasteiger partial charge in [-0.1, -0.05) is 0 Å². The monoisotopic (exact) mass is 302 g/mol. The quantitative estimate of drug-likeness (QED) is 0.850. The van der Waals surface area contributed by atoms with E-state index in [9.17, 15) is 0 Å². The highest BCUT2D eigenvalue weighted by molar-refractivity contribution is 5.30. The number of hydrogen-bond donors (Lipinski definition) is 0. The van der Waals surface area contributed by atoms with Crippen molar-refractivity contribution in [3.8, 4) is 0 Å². The zero-order valence-electron chi connectivity index (χ0n) is 13.4. The second-order valence-corrected chi connectivity index (χ2v) is 7.29. The van der Waals surface area contributed by atoms with Gasteiger partial charge < -0.3 is 14.5 Å². The molecule has 2 unspecified atom stereocenters. The van der Waals surface area contributed by atoms with Crippen LogP contribution in [0.25, 0.3) is 0 Å². The predicted molar refractivity (Wildman–Crippen MR) is 85.9 cm³/mol. The molecule has 0 amide bonds. The Bertz CT molecular complexity index is 507. The molecule has 5 heteroatoms. The third-order valence-electron chi connectivity index (χ3n) is 5.44. The smallest absolute Gasteiger partial charge is 0.225 e. The number of piperidine rings is 1. The van der Waals surface area contributed by atoms with Crippen molar-refractivity contribution < 1.29 is 4.74 Å². The zero-order chi connectivity index (χ0) is 15.0. The molecule has 3 fully saturated rings. The first-order valence-corrected chi connectivity index (χ1v) is 8.60. The van der Waals surface area contributed by atoms with Crippen molar-refractivity contribution in [2.24, 2.45) is 5.92 Å². The Labute approximate surface area is 132 Å². The van der Waals surface area contributed by atoms with Crippen LogP contribution in [-0.4, -0.2) is 59.8 Å². The second-order valence-electron chi connectivity index (χ2n) is 7.29. The molecule has 120 valence electrons. The third kappa shape index (κ3) is 2.97. The number of rotatable bonds is 4. The number of likely N-dealkylation sites (N-methyl/N-ethyl adjacent to an activating group) is 1. The largest absolute Gasteiger partial charge is 0.371 e. The van der Waals surface area contributed by atoms with Gasteiger partial charge in [0.1, 0.15) is 0 Å². The van der Waals surface area contributed by atoms with Crippen LogP contribution in [0.3, 0.4) is 0 Å². The molecule has 0 aromatic carbocycles. The summed E-state index contributed by atoms with van der Waals surface area (Å²) in [5.41, 5.74) is 0.0703. The van der Waals surface area contributed by atoms with Crippen LogP contribution in [0.15, 0.2) is 18.5 Å². The lowest BCUT2D eigenvalue weighted by Crippen LogP contribution is -2.49. The van der Waals surface area contributed by atoms with E-state index in [1.165, 1.54) is 38.8 Å². The fourth-order valence-corrected chi connectivity index (χ4v) is 4.00. The van der Waals surface area contributed by atoms with Crippen molar-refractivity contribution in [3.05, 3.63) is 18.5 Å². The summed E-state index contributed by atoms with van der Waals surface area (Å²) in [5, 5.41) is 0. The first kappa shape index (κ1) is 14.4. The fourth-order valence-electron chi connectivity index (χ4n) is 4.00. The number of anilines is 1. The molecular formula is C17H26N4O. The van der Waals surface area contributed by atoms with Gasteiger partial charge in [0.25, 0.3) is 0 Å². The van der Waals surface area contributed by atoms with Gasteiger partial charge in [0, 0.05) is 39.0 Å². The van der Waals surface area contributed by atoms with Crippen LogP contribution in [0.1, 0.15) is 32.1 Å². The molecular weight excluding hydrogens is 276 g/mol. The summed E-state index contributed by atoms with van der Waals surface area (Å²) in [6.45, 7) is 4.45. The number of nitrogens with zero attached hydrogens (tertiary/aromatic N) is 4. The summed E-state index contributed by atoms with van der Waals surface area (Å²) in [6.07, 6.45) is 10.1. The highest BCUT2D eigenvalue weighted by Gasteiger charge is 2.45. The molecule has 1 aliphatic carbocycles. The summed E-state index contributed by atoms with van der Waals surface area (Å²) >= 11 is 0. The number of ether oxygens (including phenoxy) is 1. The first-order chi connectivity index (χ1) is 10.7. The van der Waals surface area contributed by atoms with Gasteiger partial charge in [-0.05, 0) is 44.2 Å². The van der Waals surface area contributed by atoms with E-state index < -0.39 is 0 Å². The SMILES string of the molecule is CN(c1ncccn1)C1COC2(CCCN(CC3CC3)C2)C1. The Hall–Kier alpha value is -1.20. The molecule has 1 aromatic rings. The third-order valence-corrected chi connectivity index (χ3v) is 5.44. The minimum Gasteiger partial charge on any atom is -0.371 e. The Kier molecular flexibility index (Phi) is 3.78. The molecule has 4 rings (SSSR count). The topological polar surface area (TPSA) is 41.5 Å². The Balaban J connectivity index is 1.40. The van der Waals surface area contributed by atoms with E-state index in [0.29, 0.717) is 6.04 Å². The van der Waals surface area contributed by atoms with Gasteiger partial charge in [-0.15, -0.1) is 0 Å². The molecule has 0 bridgehead atoms. The number of aromatic nitrogens is 2. The molecule has 1 saturated carbocycles. The van der Waals surface area contributed by atoms with E-state index in [2.05, 4.69) is 26.8 Å². The summed E-state index contributed by atoms with van der Waals surface area (Å²) in [6, 6.07) is 2.25. The lowest BCUT2D eigenvalue weighted by atomic mass is 9.88. The van der Waals surface area contributed by atoms with Crippen LogP contribution < -0.4 is 4.90 Å². The lowest BCUT2D eigenvalue weighted by molar-refractivity contribution is -0.0521. The highest BCUT2D eigenvalue weighted by Crippen LogP contribution is 2.38. The van der Waals surface area contributed by atoms with Crippen molar-refractivity contribution in [2.45, 2.75) is 43.7 Å². The molecule has 1 spiro atoms. The summed E-state index contributed by atoms with van der Waals surface area (Å²) in [4.78, 5) is 13.6. The molecule has 3 heterocycles. The van der Waals surface area contributed by atoms with E-state index in [4.69, 9.17) is 4.74 Å². The van der Waals surface area contributed by atoms with Crippen LogP contribution in [-0.2, 0) is 4.74 Å². The summed E-state index contributed by atoms with van der Waals surface area (Å²) < 4.78 is 6.33. The maximum absolute atomic E-state index is 6.33. The Morgan fingerprint density at radius 3 is 2.95 bits per heavy atom. The van der Waals surface area contributed by atoms with Crippen LogP contribution in [0, 0.1) is 5.92 Å². The molecule has 2 atom stereocenters. The maximum Gasteiger partial charge on any atom is 0.225 e. The van der Waals surface area contributed by atoms with Crippen LogP contribution in [0.4, 0.5) is 5.95 Å². The molecule has 22 heavy (non-hydrogen) atoms. The van der Waals surface area contributed by atoms with Gasteiger partial charge in [-0.2, -0.15) is 0 Å². The molecule has 2 aliphatic heterocycles. The van der Waals surface area contributed by atoms with Crippen molar-refractivity contribution in [2.75, 3.05) is 38.2 Å². The van der Waals surface area contributed by atoms with Gasteiger partial charge in [-0.25, -0.2) is 9.97 Å². The minimum absolute atomic E-state index is 0.0703. The van der Waals surface area contributed by atoms with E-state index in [1.807, 2.05) is 18.5 Å². The molecule has 1 aromatic heterocycles. The molecule has 3 aliphatic rings. The average molecular weight is 302 g/mol. The fraction of sp³-hybridized carbons (Fsp3) is 0.765. The van der Waals surface area contributed by atoms with E-state index >= 15 is 0 Å².